The number of aryl methyl sites for hydroxylation is 2. The van der Waals surface area contributed by atoms with Crippen molar-refractivity contribution in [1.29, 1.82) is 5.41 Å². The molecule has 0 atom stereocenters. The zero-order valence-corrected chi connectivity index (χ0v) is 15.4. The normalized spacial score (nSPS) is 14.7. The third kappa shape index (κ3) is 2.65. The molecule has 0 saturated heterocycles. The summed E-state index contributed by atoms with van der Waals surface area (Å²) in [4.78, 5) is 6.47. The number of aliphatic hydroxyl groups is 1. The van der Waals surface area contributed by atoms with Gasteiger partial charge in [-0.05, 0) is 36.2 Å². The lowest BCUT2D eigenvalue weighted by Gasteiger charge is -2.19. The van der Waals surface area contributed by atoms with Crippen molar-refractivity contribution in [3.05, 3.63) is 70.2 Å². The van der Waals surface area contributed by atoms with Crippen molar-refractivity contribution in [2.45, 2.75) is 13.5 Å². The van der Waals surface area contributed by atoms with Gasteiger partial charge in [0, 0.05) is 18.6 Å². The highest BCUT2D eigenvalue weighted by atomic mass is 35.5. The number of nitrogens with zero attached hydrogens (tertiary/aromatic N) is 3. The number of hydrogen-bond acceptors (Lipinski definition) is 3. The summed E-state index contributed by atoms with van der Waals surface area (Å²) in [6.45, 7) is 2.77. The average Bonchev–Trinajstić information content (AvgIpc) is 3.06. The molecule has 0 radical (unpaired) electrons. The molecule has 2 N–H and O–H groups in total. The SMILES string of the molecule is Cc1ccc2c(c1)nc(C1=C(O)CN(Cc3ccccc3Cl)C1=N)n2C. The van der Waals surface area contributed by atoms with Crippen LogP contribution >= 0.6 is 11.6 Å². The van der Waals surface area contributed by atoms with Gasteiger partial charge in [0.1, 0.15) is 17.4 Å². The summed E-state index contributed by atoms with van der Waals surface area (Å²) in [5.41, 5.74) is 4.37. The van der Waals surface area contributed by atoms with E-state index in [1.165, 1.54) is 0 Å². The molecule has 0 amide bonds. The molecule has 4 rings (SSSR count). The minimum absolute atomic E-state index is 0.164. The van der Waals surface area contributed by atoms with Gasteiger partial charge < -0.3 is 14.6 Å². The number of amidine groups is 1. The summed E-state index contributed by atoms with van der Waals surface area (Å²) in [6.07, 6.45) is 0. The number of imidazole rings is 1. The van der Waals surface area contributed by atoms with Crippen LogP contribution in [0.1, 0.15) is 17.0 Å². The maximum atomic E-state index is 10.5. The highest BCUT2D eigenvalue weighted by Gasteiger charge is 2.31. The van der Waals surface area contributed by atoms with E-state index >= 15 is 0 Å². The van der Waals surface area contributed by atoms with Gasteiger partial charge in [-0.1, -0.05) is 35.9 Å². The minimum atomic E-state index is 0.164. The Labute approximate surface area is 156 Å². The molecule has 1 aromatic heterocycles. The molecule has 0 saturated carbocycles. The first kappa shape index (κ1) is 16.7. The molecule has 0 bridgehead atoms. The highest BCUT2D eigenvalue weighted by molar-refractivity contribution is 6.31. The molecule has 26 heavy (non-hydrogen) atoms. The second kappa shape index (κ2) is 6.18. The molecule has 0 aliphatic carbocycles. The van der Waals surface area contributed by atoms with Crippen LogP contribution in [0.4, 0.5) is 0 Å². The molecular formula is C20H19ClN4O. The molecule has 0 spiro atoms. The van der Waals surface area contributed by atoms with E-state index in [1.807, 2.05) is 61.0 Å². The molecule has 0 fully saturated rings. The van der Waals surface area contributed by atoms with E-state index in [0.29, 0.717) is 23.0 Å². The second-order valence-corrected chi connectivity index (χ2v) is 7.01. The molecular weight excluding hydrogens is 348 g/mol. The Balaban J connectivity index is 1.70. The lowest BCUT2D eigenvalue weighted by molar-refractivity contribution is 0.347. The predicted molar refractivity (Wildman–Crippen MR) is 105 cm³/mol. The number of nitrogens with one attached hydrogen (secondary N) is 1. The van der Waals surface area contributed by atoms with Crippen molar-refractivity contribution in [2.24, 2.45) is 7.05 Å². The summed E-state index contributed by atoms with van der Waals surface area (Å²) in [6, 6.07) is 13.6. The van der Waals surface area contributed by atoms with Crippen molar-refractivity contribution in [2.75, 3.05) is 6.54 Å². The first-order chi connectivity index (χ1) is 12.5. The van der Waals surface area contributed by atoms with Gasteiger partial charge in [0.25, 0.3) is 0 Å². The van der Waals surface area contributed by atoms with Crippen LogP contribution in [0.2, 0.25) is 5.02 Å². The Hall–Kier alpha value is -2.79. The Morgan fingerprint density at radius 2 is 2.00 bits per heavy atom. The van der Waals surface area contributed by atoms with Gasteiger partial charge >= 0.3 is 0 Å². The zero-order chi connectivity index (χ0) is 18.4. The molecule has 1 aliphatic rings. The number of hydrogen-bond donors (Lipinski definition) is 2. The van der Waals surface area contributed by atoms with Crippen molar-refractivity contribution < 1.29 is 5.11 Å². The van der Waals surface area contributed by atoms with Crippen molar-refractivity contribution in [1.82, 2.24) is 14.5 Å². The van der Waals surface area contributed by atoms with Gasteiger partial charge in [-0.3, -0.25) is 5.41 Å². The summed E-state index contributed by atoms with van der Waals surface area (Å²) in [5, 5.41) is 19.8. The molecule has 5 nitrogen and oxygen atoms in total. The van der Waals surface area contributed by atoms with Crippen molar-refractivity contribution in [3.63, 3.8) is 0 Å². The van der Waals surface area contributed by atoms with Crippen LogP contribution in [0.3, 0.4) is 0 Å². The van der Waals surface area contributed by atoms with Crippen LogP contribution in [0.15, 0.2) is 48.2 Å². The number of fused-ring (bicyclic) bond motifs is 1. The third-order valence-corrected chi connectivity index (χ3v) is 5.13. The summed E-state index contributed by atoms with van der Waals surface area (Å²) < 4.78 is 1.92. The lowest BCUT2D eigenvalue weighted by atomic mass is 10.2. The summed E-state index contributed by atoms with van der Waals surface area (Å²) >= 11 is 6.24. The monoisotopic (exact) mass is 366 g/mol. The van der Waals surface area contributed by atoms with Crippen molar-refractivity contribution in [3.8, 4) is 0 Å². The fourth-order valence-electron chi connectivity index (χ4n) is 3.37. The Morgan fingerprint density at radius 1 is 1.23 bits per heavy atom. The van der Waals surface area contributed by atoms with Crippen LogP contribution in [0, 0.1) is 12.3 Å². The number of aromatic nitrogens is 2. The van der Waals surface area contributed by atoms with Gasteiger partial charge in [-0.2, -0.15) is 0 Å². The van der Waals surface area contributed by atoms with Crippen LogP contribution in [-0.4, -0.2) is 31.9 Å². The van der Waals surface area contributed by atoms with Crippen LogP contribution < -0.4 is 0 Å². The Bertz CT molecular complexity index is 1070. The zero-order valence-electron chi connectivity index (χ0n) is 14.6. The fraction of sp³-hybridized carbons (Fsp3) is 0.200. The maximum absolute atomic E-state index is 10.5. The molecule has 2 heterocycles. The van der Waals surface area contributed by atoms with Crippen LogP contribution in [-0.2, 0) is 13.6 Å². The second-order valence-electron chi connectivity index (χ2n) is 6.60. The number of rotatable bonds is 3. The molecule has 3 aromatic rings. The molecule has 132 valence electrons. The van der Waals surface area contributed by atoms with Crippen LogP contribution in [0.5, 0.6) is 0 Å². The lowest BCUT2D eigenvalue weighted by Crippen LogP contribution is -2.26. The highest BCUT2D eigenvalue weighted by Crippen LogP contribution is 2.30. The first-order valence-electron chi connectivity index (χ1n) is 8.38. The predicted octanol–water partition coefficient (Wildman–Crippen LogP) is 4.30. The van der Waals surface area contributed by atoms with Gasteiger partial charge in [-0.25, -0.2) is 4.98 Å². The van der Waals surface area contributed by atoms with Gasteiger partial charge in [0.05, 0.1) is 23.2 Å². The minimum Gasteiger partial charge on any atom is -0.510 e. The smallest absolute Gasteiger partial charge is 0.148 e. The average molecular weight is 367 g/mol. The van der Waals surface area contributed by atoms with E-state index in [9.17, 15) is 5.11 Å². The van der Waals surface area contributed by atoms with E-state index in [0.717, 1.165) is 22.2 Å². The van der Waals surface area contributed by atoms with Gasteiger partial charge in [0.2, 0.25) is 0 Å². The van der Waals surface area contributed by atoms with E-state index in [-0.39, 0.29) is 18.1 Å². The Morgan fingerprint density at radius 3 is 2.77 bits per heavy atom. The summed E-state index contributed by atoms with van der Waals surface area (Å²) in [5.74, 6) is 1.03. The summed E-state index contributed by atoms with van der Waals surface area (Å²) in [7, 11) is 1.91. The van der Waals surface area contributed by atoms with E-state index in [2.05, 4.69) is 4.98 Å². The van der Waals surface area contributed by atoms with E-state index in [4.69, 9.17) is 17.0 Å². The van der Waals surface area contributed by atoms with E-state index in [1.54, 1.807) is 4.90 Å². The van der Waals surface area contributed by atoms with Gasteiger partial charge in [0.15, 0.2) is 0 Å². The maximum Gasteiger partial charge on any atom is 0.148 e. The molecule has 0 unspecified atom stereocenters. The molecule has 2 aromatic carbocycles. The third-order valence-electron chi connectivity index (χ3n) is 4.76. The topological polar surface area (TPSA) is 65.1 Å². The van der Waals surface area contributed by atoms with Crippen molar-refractivity contribution >= 4 is 34.0 Å². The molecule has 6 heteroatoms. The quantitative estimate of drug-likeness (QED) is 0.726. The van der Waals surface area contributed by atoms with Crippen LogP contribution in [0.25, 0.3) is 16.6 Å². The van der Waals surface area contributed by atoms with Gasteiger partial charge in [-0.15, -0.1) is 0 Å². The fourth-order valence-corrected chi connectivity index (χ4v) is 3.56. The Kier molecular flexibility index (Phi) is 3.96. The largest absolute Gasteiger partial charge is 0.510 e. The number of aliphatic hydroxyl groups excluding tert-OH is 1. The number of benzene rings is 2. The first-order valence-corrected chi connectivity index (χ1v) is 8.76. The van der Waals surface area contributed by atoms with E-state index < -0.39 is 0 Å². The number of halogens is 1. The standard InChI is InChI=1S/C20H19ClN4O/c1-12-7-8-16-15(9-12)23-20(24(16)2)18-17(26)11-25(19(18)22)10-13-5-3-4-6-14(13)21/h3-9,22,26H,10-11H2,1-2H3. The molecule has 1 aliphatic heterocycles.